The number of rotatable bonds is 7. The Morgan fingerprint density at radius 1 is 1.62 bits per heavy atom. The molecule has 0 aliphatic carbocycles. The smallest absolute Gasteiger partial charge is 0.303 e. The lowest BCUT2D eigenvalue weighted by Gasteiger charge is -2.23. The lowest BCUT2D eigenvalue weighted by Crippen LogP contribution is -2.31. The molecule has 1 rings (SSSR count). The van der Waals surface area contributed by atoms with E-state index in [0.717, 1.165) is 19.4 Å². The van der Waals surface area contributed by atoms with Gasteiger partial charge in [-0.1, -0.05) is 6.07 Å². The molecular formula is C12H19NO2S. The first-order chi connectivity index (χ1) is 7.59. The molecule has 1 heterocycles. The molecule has 16 heavy (non-hydrogen) atoms. The van der Waals surface area contributed by atoms with Crippen molar-refractivity contribution in [2.45, 2.75) is 32.2 Å². The van der Waals surface area contributed by atoms with Gasteiger partial charge in [0, 0.05) is 23.9 Å². The first-order valence-corrected chi connectivity index (χ1v) is 6.42. The van der Waals surface area contributed by atoms with Crippen LogP contribution in [0, 0.1) is 0 Å². The third-order valence-electron chi connectivity index (χ3n) is 2.82. The number of carboxylic acid groups (broad SMARTS) is 1. The summed E-state index contributed by atoms with van der Waals surface area (Å²) in [6.07, 6.45) is 2.02. The lowest BCUT2D eigenvalue weighted by atomic mass is 10.1. The van der Waals surface area contributed by atoms with E-state index in [2.05, 4.69) is 36.4 Å². The topological polar surface area (TPSA) is 40.5 Å². The fourth-order valence-corrected chi connectivity index (χ4v) is 2.21. The van der Waals surface area contributed by atoms with Crippen molar-refractivity contribution < 1.29 is 9.90 Å². The summed E-state index contributed by atoms with van der Waals surface area (Å²) in [4.78, 5) is 14.1. The molecule has 3 nitrogen and oxygen atoms in total. The third kappa shape index (κ3) is 4.77. The minimum Gasteiger partial charge on any atom is -0.481 e. The highest BCUT2D eigenvalue weighted by Crippen LogP contribution is 2.11. The van der Waals surface area contributed by atoms with Crippen molar-refractivity contribution in [1.82, 2.24) is 4.90 Å². The van der Waals surface area contributed by atoms with Gasteiger partial charge in [-0.3, -0.25) is 4.79 Å². The Balaban J connectivity index is 2.23. The fraction of sp³-hybridized carbons (Fsp3) is 0.583. The van der Waals surface area contributed by atoms with Crippen LogP contribution in [0.5, 0.6) is 0 Å². The fourth-order valence-electron chi connectivity index (χ4n) is 1.51. The van der Waals surface area contributed by atoms with Gasteiger partial charge in [-0.25, -0.2) is 0 Å². The van der Waals surface area contributed by atoms with Crippen LogP contribution in [0.2, 0.25) is 0 Å². The Hall–Kier alpha value is -0.870. The van der Waals surface area contributed by atoms with Gasteiger partial charge in [-0.2, -0.15) is 0 Å². The maximum atomic E-state index is 10.5. The quantitative estimate of drug-likeness (QED) is 0.797. The molecule has 90 valence electrons. The molecule has 1 unspecified atom stereocenters. The van der Waals surface area contributed by atoms with Crippen molar-refractivity contribution in [2.24, 2.45) is 0 Å². The van der Waals surface area contributed by atoms with Crippen molar-refractivity contribution in [3.05, 3.63) is 22.4 Å². The molecule has 0 aromatic carbocycles. The first kappa shape index (κ1) is 13.2. The minimum absolute atomic E-state index is 0.254. The summed E-state index contributed by atoms with van der Waals surface area (Å²) in [5.74, 6) is -0.710. The van der Waals surface area contributed by atoms with Crippen LogP contribution in [0.15, 0.2) is 17.5 Å². The van der Waals surface area contributed by atoms with E-state index in [-0.39, 0.29) is 6.42 Å². The van der Waals surface area contributed by atoms with Crippen LogP contribution in [-0.4, -0.2) is 35.6 Å². The Kier molecular flexibility index (Phi) is 5.49. The van der Waals surface area contributed by atoms with E-state index in [1.807, 2.05) is 0 Å². The summed E-state index contributed by atoms with van der Waals surface area (Å²) < 4.78 is 0. The second-order valence-corrected chi connectivity index (χ2v) is 5.12. The van der Waals surface area contributed by atoms with Gasteiger partial charge < -0.3 is 10.0 Å². The molecule has 0 bridgehead atoms. The van der Waals surface area contributed by atoms with Crippen LogP contribution >= 0.6 is 11.3 Å². The molecule has 0 saturated heterocycles. The number of aliphatic carboxylic acids is 1. The van der Waals surface area contributed by atoms with Gasteiger partial charge in [-0.15, -0.1) is 11.3 Å². The highest BCUT2D eigenvalue weighted by atomic mass is 32.1. The molecule has 4 heteroatoms. The van der Waals surface area contributed by atoms with E-state index in [0.29, 0.717) is 6.04 Å². The summed E-state index contributed by atoms with van der Waals surface area (Å²) in [6, 6.07) is 4.53. The molecule has 0 saturated carbocycles. The largest absolute Gasteiger partial charge is 0.481 e. The van der Waals surface area contributed by atoms with Crippen molar-refractivity contribution in [1.29, 1.82) is 0 Å². The Morgan fingerprint density at radius 3 is 2.94 bits per heavy atom. The first-order valence-electron chi connectivity index (χ1n) is 5.54. The van der Waals surface area contributed by atoms with Crippen LogP contribution in [0.25, 0.3) is 0 Å². The number of carbonyl (C=O) groups is 1. The van der Waals surface area contributed by atoms with Crippen molar-refractivity contribution in [3.8, 4) is 0 Å². The van der Waals surface area contributed by atoms with Crippen LogP contribution < -0.4 is 0 Å². The molecular weight excluding hydrogens is 222 g/mol. The molecule has 0 fully saturated rings. The number of hydrogen-bond acceptors (Lipinski definition) is 3. The predicted octanol–water partition coefficient (Wildman–Crippen LogP) is 2.48. The SMILES string of the molecule is CC(CCC(=O)O)N(C)CCc1cccs1. The zero-order valence-electron chi connectivity index (χ0n) is 9.85. The standard InChI is InChI=1S/C12H19NO2S/c1-10(5-6-12(14)15)13(2)8-7-11-4-3-9-16-11/h3-4,9-10H,5-8H2,1-2H3,(H,14,15). The van der Waals surface area contributed by atoms with Gasteiger partial charge in [0.25, 0.3) is 0 Å². The molecule has 1 aromatic heterocycles. The number of carboxylic acids is 1. The maximum absolute atomic E-state index is 10.5. The average Bonchev–Trinajstić information content (AvgIpc) is 2.75. The zero-order valence-corrected chi connectivity index (χ0v) is 10.7. The number of thiophene rings is 1. The summed E-state index contributed by atoms with van der Waals surface area (Å²) in [6.45, 7) is 3.07. The predicted molar refractivity (Wildman–Crippen MR) is 67.0 cm³/mol. The Morgan fingerprint density at radius 2 is 2.38 bits per heavy atom. The monoisotopic (exact) mass is 241 g/mol. The molecule has 1 aromatic rings. The maximum Gasteiger partial charge on any atom is 0.303 e. The summed E-state index contributed by atoms with van der Waals surface area (Å²) in [5.41, 5.74) is 0. The average molecular weight is 241 g/mol. The van der Waals surface area contributed by atoms with Crippen molar-refractivity contribution in [2.75, 3.05) is 13.6 Å². The summed E-state index contributed by atoms with van der Waals surface area (Å²) in [5, 5.41) is 10.7. The van der Waals surface area contributed by atoms with E-state index in [4.69, 9.17) is 5.11 Å². The molecule has 0 radical (unpaired) electrons. The normalized spacial score (nSPS) is 12.9. The van der Waals surface area contributed by atoms with E-state index in [1.54, 1.807) is 11.3 Å². The highest BCUT2D eigenvalue weighted by Gasteiger charge is 2.10. The molecule has 0 spiro atoms. The number of likely N-dealkylation sites (N-methyl/N-ethyl adjacent to an activating group) is 1. The van der Waals surface area contributed by atoms with Gasteiger partial charge >= 0.3 is 5.97 Å². The summed E-state index contributed by atoms with van der Waals surface area (Å²) in [7, 11) is 2.06. The third-order valence-corrected chi connectivity index (χ3v) is 3.76. The van der Waals surface area contributed by atoms with E-state index >= 15 is 0 Å². The van der Waals surface area contributed by atoms with Crippen LogP contribution in [0.3, 0.4) is 0 Å². The van der Waals surface area contributed by atoms with Crippen molar-refractivity contribution in [3.63, 3.8) is 0 Å². The van der Waals surface area contributed by atoms with Crippen LogP contribution in [0.1, 0.15) is 24.6 Å². The van der Waals surface area contributed by atoms with Crippen LogP contribution in [0.4, 0.5) is 0 Å². The molecule has 0 aliphatic rings. The Labute approximate surface area is 101 Å². The van der Waals surface area contributed by atoms with Gasteiger partial charge in [0.2, 0.25) is 0 Å². The van der Waals surface area contributed by atoms with Gasteiger partial charge in [0.1, 0.15) is 0 Å². The molecule has 0 amide bonds. The lowest BCUT2D eigenvalue weighted by molar-refractivity contribution is -0.137. The summed E-state index contributed by atoms with van der Waals surface area (Å²) >= 11 is 1.77. The Bertz CT molecular complexity index is 311. The van der Waals surface area contributed by atoms with Crippen LogP contribution in [-0.2, 0) is 11.2 Å². The van der Waals surface area contributed by atoms with Gasteiger partial charge in [0.05, 0.1) is 0 Å². The van der Waals surface area contributed by atoms with Gasteiger partial charge in [-0.05, 0) is 38.3 Å². The molecule has 1 atom stereocenters. The molecule has 0 aliphatic heterocycles. The van der Waals surface area contributed by atoms with E-state index in [9.17, 15) is 4.79 Å². The number of hydrogen-bond donors (Lipinski definition) is 1. The van der Waals surface area contributed by atoms with Crippen molar-refractivity contribution >= 4 is 17.3 Å². The highest BCUT2D eigenvalue weighted by molar-refractivity contribution is 7.09. The van der Waals surface area contributed by atoms with Gasteiger partial charge in [0.15, 0.2) is 0 Å². The minimum atomic E-state index is -0.710. The second kappa shape index (κ2) is 6.66. The number of nitrogens with zero attached hydrogens (tertiary/aromatic N) is 1. The van der Waals surface area contributed by atoms with E-state index < -0.39 is 5.97 Å². The zero-order chi connectivity index (χ0) is 12.0. The second-order valence-electron chi connectivity index (χ2n) is 4.09. The molecule has 1 N–H and O–H groups in total. The van der Waals surface area contributed by atoms with E-state index in [1.165, 1.54) is 4.88 Å².